The SMILES string of the molecule is CC(=O)[C@@]1(C)CCC2C3CC=C4C[C@@](O)(OCc5ccc(F)cc5)CC[C@]4(C)C3CC[C@@]21C. The molecule has 4 aliphatic carbocycles. The molecule has 3 nitrogen and oxygen atoms in total. The molecule has 0 bridgehead atoms. The van der Waals surface area contributed by atoms with Gasteiger partial charge in [-0.2, -0.15) is 0 Å². The van der Waals surface area contributed by atoms with Crippen molar-refractivity contribution in [2.24, 2.45) is 34.0 Å². The van der Waals surface area contributed by atoms with E-state index < -0.39 is 5.79 Å². The summed E-state index contributed by atoms with van der Waals surface area (Å²) in [5, 5.41) is 11.3. The van der Waals surface area contributed by atoms with Crippen LogP contribution in [0.4, 0.5) is 4.39 Å². The number of fused-ring (bicyclic) bond motifs is 5. The maximum absolute atomic E-state index is 13.2. The zero-order chi connectivity index (χ0) is 23.6. The van der Waals surface area contributed by atoms with Crippen LogP contribution in [-0.2, 0) is 16.1 Å². The number of allylic oxidation sites excluding steroid dienone is 1. The van der Waals surface area contributed by atoms with Crippen molar-refractivity contribution >= 4 is 5.78 Å². The summed E-state index contributed by atoms with van der Waals surface area (Å²) in [7, 11) is 0. The van der Waals surface area contributed by atoms with Gasteiger partial charge in [0.05, 0.1) is 6.61 Å². The van der Waals surface area contributed by atoms with Gasteiger partial charge in [-0.05, 0) is 91.7 Å². The molecule has 0 saturated heterocycles. The van der Waals surface area contributed by atoms with E-state index in [-0.39, 0.29) is 28.7 Å². The van der Waals surface area contributed by atoms with Crippen LogP contribution >= 0.6 is 0 Å². The van der Waals surface area contributed by atoms with Gasteiger partial charge < -0.3 is 9.84 Å². The van der Waals surface area contributed by atoms with Crippen molar-refractivity contribution in [2.45, 2.75) is 91.5 Å². The summed E-state index contributed by atoms with van der Waals surface area (Å²) in [5.74, 6) is 0.801. The third-order valence-corrected chi connectivity index (χ3v) is 10.9. The Hall–Kier alpha value is -1.52. The second-order valence-electron chi connectivity index (χ2n) is 12.2. The molecule has 3 unspecified atom stereocenters. The fourth-order valence-corrected chi connectivity index (χ4v) is 8.39. The molecule has 0 amide bonds. The minimum atomic E-state index is -1.16. The van der Waals surface area contributed by atoms with Gasteiger partial charge in [0.15, 0.2) is 5.79 Å². The first-order valence-electron chi connectivity index (χ1n) is 12.8. The van der Waals surface area contributed by atoms with E-state index in [1.54, 1.807) is 19.1 Å². The molecular formula is C29H39FO3. The van der Waals surface area contributed by atoms with E-state index in [4.69, 9.17) is 4.74 Å². The van der Waals surface area contributed by atoms with Crippen LogP contribution in [0.3, 0.4) is 0 Å². The lowest BCUT2D eigenvalue weighted by atomic mass is 9.45. The lowest BCUT2D eigenvalue weighted by Gasteiger charge is -2.60. The number of rotatable bonds is 4. The second kappa shape index (κ2) is 7.75. The van der Waals surface area contributed by atoms with Gasteiger partial charge in [0, 0.05) is 18.3 Å². The molecule has 4 heteroatoms. The maximum atomic E-state index is 13.2. The Labute approximate surface area is 197 Å². The largest absolute Gasteiger partial charge is 0.365 e. The van der Waals surface area contributed by atoms with Gasteiger partial charge in [0.25, 0.3) is 0 Å². The number of ether oxygens (including phenoxy) is 1. The van der Waals surface area contributed by atoms with Crippen molar-refractivity contribution in [3.05, 3.63) is 47.3 Å². The van der Waals surface area contributed by atoms with Crippen molar-refractivity contribution < 1.29 is 19.0 Å². The Kier molecular flexibility index (Phi) is 5.45. The van der Waals surface area contributed by atoms with Crippen LogP contribution in [0.2, 0.25) is 0 Å². The zero-order valence-electron chi connectivity index (χ0n) is 20.6. The Balaban J connectivity index is 1.34. The molecule has 3 saturated carbocycles. The molecule has 0 radical (unpaired) electrons. The summed E-state index contributed by atoms with van der Waals surface area (Å²) >= 11 is 0. The number of hydrogen-bond donors (Lipinski definition) is 1. The van der Waals surface area contributed by atoms with Crippen molar-refractivity contribution in [1.82, 2.24) is 0 Å². The zero-order valence-corrected chi connectivity index (χ0v) is 20.6. The average molecular weight is 455 g/mol. The highest BCUT2D eigenvalue weighted by atomic mass is 19.1. The molecule has 1 aromatic rings. The Morgan fingerprint density at radius 3 is 2.45 bits per heavy atom. The van der Waals surface area contributed by atoms with Gasteiger partial charge in [-0.25, -0.2) is 4.39 Å². The highest BCUT2D eigenvalue weighted by Gasteiger charge is 2.64. The van der Waals surface area contributed by atoms with Gasteiger partial charge in [-0.1, -0.05) is 44.6 Å². The summed E-state index contributed by atoms with van der Waals surface area (Å²) < 4.78 is 19.2. The molecule has 33 heavy (non-hydrogen) atoms. The molecule has 0 aromatic heterocycles. The van der Waals surface area contributed by atoms with Gasteiger partial charge >= 0.3 is 0 Å². The first-order valence-corrected chi connectivity index (χ1v) is 12.8. The van der Waals surface area contributed by atoms with Crippen LogP contribution in [0.1, 0.15) is 84.6 Å². The monoisotopic (exact) mass is 454 g/mol. The number of hydrogen-bond acceptors (Lipinski definition) is 3. The molecule has 0 heterocycles. The van der Waals surface area contributed by atoms with E-state index in [0.717, 1.165) is 37.7 Å². The van der Waals surface area contributed by atoms with Crippen LogP contribution in [0.15, 0.2) is 35.9 Å². The van der Waals surface area contributed by atoms with E-state index in [1.807, 2.05) is 0 Å². The minimum absolute atomic E-state index is 0.102. The summed E-state index contributed by atoms with van der Waals surface area (Å²) in [6, 6.07) is 6.29. The standard InChI is InChI=1S/C29H39FO3/c1-19(31)27(3)13-12-25-23-10-7-21-17-29(32,33-18-20-5-8-22(30)9-6-20)16-15-26(21,2)24(23)11-14-28(25,27)4/h5-9,23-25,32H,10-18H2,1-4H3/t23?,24?,25?,26-,27+,28-,29-/m0/s1. The van der Waals surface area contributed by atoms with Crippen molar-refractivity contribution in [2.75, 3.05) is 0 Å². The highest BCUT2D eigenvalue weighted by Crippen LogP contribution is 2.70. The average Bonchev–Trinajstić information content (AvgIpc) is 3.06. The smallest absolute Gasteiger partial charge is 0.169 e. The summed E-state index contributed by atoms with van der Waals surface area (Å²) in [5.41, 5.74) is 2.25. The van der Waals surface area contributed by atoms with Crippen molar-refractivity contribution in [3.63, 3.8) is 0 Å². The van der Waals surface area contributed by atoms with E-state index in [1.165, 1.54) is 24.1 Å². The van der Waals surface area contributed by atoms with Gasteiger partial charge in [-0.15, -0.1) is 0 Å². The summed E-state index contributed by atoms with van der Waals surface area (Å²) in [6.45, 7) is 9.12. The van der Waals surface area contributed by atoms with Crippen molar-refractivity contribution in [1.29, 1.82) is 0 Å². The van der Waals surface area contributed by atoms with E-state index >= 15 is 0 Å². The third-order valence-electron chi connectivity index (χ3n) is 10.9. The predicted octanol–water partition coefficient (Wildman–Crippen LogP) is 6.59. The molecule has 1 aromatic carbocycles. The van der Waals surface area contributed by atoms with Crippen LogP contribution in [0.25, 0.3) is 0 Å². The number of carbonyl (C=O) groups excluding carboxylic acids is 1. The van der Waals surface area contributed by atoms with Gasteiger partial charge in [0.1, 0.15) is 11.6 Å². The van der Waals surface area contributed by atoms with Gasteiger partial charge in [0.2, 0.25) is 0 Å². The number of benzene rings is 1. The van der Waals surface area contributed by atoms with E-state index in [9.17, 15) is 14.3 Å². The first-order chi connectivity index (χ1) is 15.5. The van der Waals surface area contributed by atoms with Gasteiger partial charge in [-0.3, -0.25) is 4.79 Å². The normalized spacial score (nSPS) is 44.4. The van der Waals surface area contributed by atoms with Crippen LogP contribution < -0.4 is 0 Å². The molecule has 3 fully saturated rings. The Morgan fingerprint density at radius 2 is 1.76 bits per heavy atom. The van der Waals surface area contributed by atoms with Crippen molar-refractivity contribution in [3.8, 4) is 0 Å². The molecule has 7 atom stereocenters. The Bertz CT molecular complexity index is 970. The minimum Gasteiger partial charge on any atom is -0.365 e. The lowest BCUT2D eigenvalue weighted by Crippen LogP contribution is -2.54. The highest BCUT2D eigenvalue weighted by molar-refractivity contribution is 5.83. The molecule has 5 rings (SSSR count). The fourth-order valence-electron chi connectivity index (χ4n) is 8.39. The molecule has 0 spiro atoms. The molecular weight excluding hydrogens is 415 g/mol. The van der Waals surface area contributed by atoms with Crippen LogP contribution in [0.5, 0.6) is 0 Å². The van der Waals surface area contributed by atoms with Crippen LogP contribution in [-0.4, -0.2) is 16.7 Å². The number of Topliss-reactive ketones (excluding diaryl/α,β-unsaturated/α-hetero) is 1. The quantitative estimate of drug-likeness (QED) is 0.412. The third kappa shape index (κ3) is 3.46. The number of carbonyl (C=O) groups is 1. The molecule has 0 aliphatic heterocycles. The summed E-state index contributed by atoms with van der Waals surface area (Å²) in [6.07, 6.45) is 10.0. The number of ketones is 1. The fraction of sp³-hybridized carbons (Fsp3) is 0.690. The maximum Gasteiger partial charge on any atom is 0.169 e. The Morgan fingerprint density at radius 1 is 1.06 bits per heavy atom. The molecule has 180 valence electrons. The lowest BCUT2D eigenvalue weighted by molar-refractivity contribution is -0.231. The first kappa shape index (κ1) is 23.2. The number of halogens is 1. The topological polar surface area (TPSA) is 46.5 Å². The van der Waals surface area contributed by atoms with E-state index in [2.05, 4.69) is 26.8 Å². The number of aliphatic hydroxyl groups is 1. The second-order valence-corrected chi connectivity index (χ2v) is 12.2. The van der Waals surface area contributed by atoms with E-state index in [0.29, 0.717) is 36.4 Å². The van der Waals surface area contributed by atoms with Crippen LogP contribution in [0, 0.1) is 39.8 Å². The molecule has 4 aliphatic rings. The predicted molar refractivity (Wildman–Crippen MR) is 127 cm³/mol. The summed E-state index contributed by atoms with van der Waals surface area (Å²) in [4.78, 5) is 12.7. The molecule has 1 N–H and O–H groups in total.